The quantitative estimate of drug-likeness (QED) is 0.577. The number of halogens is 1. The topological polar surface area (TPSA) is 80.8 Å². The van der Waals surface area contributed by atoms with Crippen LogP contribution in [0.4, 0.5) is 4.79 Å². The third-order valence-electron chi connectivity index (χ3n) is 4.24. The van der Waals surface area contributed by atoms with E-state index in [2.05, 4.69) is 21.0 Å². The van der Waals surface area contributed by atoms with Crippen molar-refractivity contribution in [2.24, 2.45) is 0 Å². The monoisotopic (exact) mass is 437 g/mol. The molecule has 0 aliphatic carbocycles. The smallest absolute Gasteiger partial charge is 0.410 e. The summed E-state index contributed by atoms with van der Waals surface area (Å²) >= 11 is 5.99. The van der Waals surface area contributed by atoms with Crippen molar-refractivity contribution in [2.75, 3.05) is 27.3 Å². The van der Waals surface area contributed by atoms with Gasteiger partial charge in [0.2, 0.25) is 0 Å². The second-order valence-corrected chi connectivity index (χ2v) is 8.48. The SMILES string of the molecule is C#CCc1nc(Cl)cc(C)c1C(=O)NC1CCN(C(=O)OC(C)(C)C)CC1.COC. The van der Waals surface area contributed by atoms with Crippen molar-refractivity contribution in [3.63, 3.8) is 0 Å². The molecule has 1 aromatic rings. The van der Waals surface area contributed by atoms with Gasteiger partial charge in [-0.15, -0.1) is 12.3 Å². The second kappa shape index (κ2) is 11.8. The second-order valence-electron chi connectivity index (χ2n) is 8.09. The Morgan fingerprint density at radius 3 is 2.40 bits per heavy atom. The first-order valence-electron chi connectivity index (χ1n) is 9.80. The lowest BCUT2D eigenvalue weighted by Crippen LogP contribution is -2.48. The fourth-order valence-corrected chi connectivity index (χ4v) is 3.29. The number of hydrogen-bond donors (Lipinski definition) is 1. The zero-order valence-corrected chi connectivity index (χ0v) is 19.4. The Bertz CT molecular complexity index is 776. The Morgan fingerprint density at radius 2 is 1.90 bits per heavy atom. The number of likely N-dealkylation sites (tertiary alicyclic amines) is 1. The Kier molecular flexibility index (Phi) is 10.1. The summed E-state index contributed by atoms with van der Waals surface area (Å²) in [5, 5.41) is 3.35. The van der Waals surface area contributed by atoms with Crippen LogP contribution in [-0.2, 0) is 15.9 Å². The molecule has 2 rings (SSSR count). The molecule has 1 aliphatic heterocycles. The first kappa shape index (κ1) is 25.7. The van der Waals surface area contributed by atoms with Gasteiger partial charge >= 0.3 is 6.09 Å². The Balaban J connectivity index is 0.00000141. The molecule has 0 spiro atoms. The van der Waals surface area contributed by atoms with Gasteiger partial charge < -0.3 is 19.7 Å². The van der Waals surface area contributed by atoms with Crippen LogP contribution in [0.1, 0.15) is 55.2 Å². The van der Waals surface area contributed by atoms with E-state index in [4.69, 9.17) is 22.8 Å². The largest absolute Gasteiger partial charge is 0.444 e. The van der Waals surface area contributed by atoms with Crippen LogP contribution >= 0.6 is 11.6 Å². The van der Waals surface area contributed by atoms with Crippen molar-refractivity contribution in [1.82, 2.24) is 15.2 Å². The van der Waals surface area contributed by atoms with Gasteiger partial charge in [-0.2, -0.15) is 0 Å². The van der Waals surface area contributed by atoms with Gasteiger partial charge in [-0.25, -0.2) is 9.78 Å². The van der Waals surface area contributed by atoms with Gasteiger partial charge in [0.25, 0.3) is 5.91 Å². The Labute approximate surface area is 184 Å². The number of rotatable bonds is 3. The molecule has 1 aliphatic rings. The molecule has 166 valence electrons. The van der Waals surface area contributed by atoms with Crippen LogP contribution in [0, 0.1) is 19.3 Å². The number of amides is 2. The van der Waals surface area contributed by atoms with Crippen molar-refractivity contribution in [3.05, 3.63) is 28.0 Å². The van der Waals surface area contributed by atoms with Gasteiger partial charge in [0.15, 0.2) is 0 Å². The maximum absolute atomic E-state index is 12.8. The number of aryl methyl sites for hydroxylation is 1. The predicted molar refractivity (Wildman–Crippen MR) is 118 cm³/mol. The van der Waals surface area contributed by atoms with Crippen LogP contribution in [-0.4, -0.2) is 60.8 Å². The van der Waals surface area contributed by atoms with Crippen LogP contribution in [0.5, 0.6) is 0 Å². The Hall–Kier alpha value is -2.30. The average molecular weight is 438 g/mol. The zero-order chi connectivity index (χ0) is 22.9. The number of nitrogens with zero attached hydrogens (tertiary/aromatic N) is 2. The number of pyridine rings is 1. The van der Waals surface area contributed by atoms with Gasteiger partial charge in [0.05, 0.1) is 17.7 Å². The molecule has 1 aromatic heterocycles. The molecular weight excluding hydrogens is 406 g/mol. The molecule has 7 nitrogen and oxygen atoms in total. The number of nitrogens with one attached hydrogen (secondary N) is 1. The maximum Gasteiger partial charge on any atom is 0.410 e. The summed E-state index contributed by atoms with van der Waals surface area (Å²) in [6, 6.07) is 1.63. The van der Waals surface area contributed by atoms with Crippen LogP contribution in [0.25, 0.3) is 0 Å². The minimum Gasteiger partial charge on any atom is -0.444 e. The van der Waals surface area contributed by atoms with E-state index in [9.17, 15) is 9.59 Å². The molecule has 0 atom stereocenters. The van der Waals surface area contributed by atoms with E-state index >= 15 is 0 Å². The van der Waals surface area contributed by atoms with Crippen molar-refractivity contribution < 1.29 is 19.1 Å². The summed E-state index contributed by atoms with van der Waals surface area (Å²) in [6.07, 6.45) is 6.63. The number of carbonyl (C=O) groups excluding carboxylic acids is 2. The average Bonchev–Trinajstić information content (AvgIpc) is 2.61. The third kappa shape index (κ3) is 8.21. The molecule has 8 heteroatoms. The van der Waals surface area contributed by atoms with E-state index < -0.39 is 5.60 Å². The lowest BCUT2D eigenvalue weighted by Gasteiger charge is -2.33. The maximum atomic E-state index is 12.8. The summed E-state index contributed by atoms with van der Waals surface area (Å²) in [5.74, 6) is 2.30. The molecule has 30 heavy (non-hydrogen) atoms. The number of piperidine rings is 1. The molecule has 0 aromatic carbocycles. The molecule has 1 saturated heterocycles. The molecule has 0 saturated carbocycles. The van der Waals surface area contributed by atoms with E-state index in [0.29, 0.717) is 42.3 Å². The standard InChI is InChI=1S/C20H26ClN3O3.C2H6O/c1-6-7-15-17(13(2)12-16(21)23-15)18(25)22-14-8-10-24(11-9-14)19(26)27-20(3,4)5;1-3-2/h1,12,14H,7-11H2,2-5H3,(H,22,25);1-2H3. The first-order valence-corrected chi connectivity index (χ1v) is 10.2. The number of terminal acetylenes is 1. The molecule has 0 radical (unpaired) electrons. The normalized spacial score (nSPS) is 14.3. The van der Waals surface area contributed by atoms with E-state index in [1.165, 1.54) is 0 Å². The molecule has 0 unspecified atom stereocenters. The highest BCUT2D eigenvalue weighted by molar-refractivity contribution is 6.29. The molecule has 2 amide bonds. The summed E-state index contributed by atoms with van der Waals surface area (Å²) in [5.41, 5.74) is 1.20. The molecule has 1 N–H and O–H groups in total. The minimum atomic E-state index is -0.519. The van der Waals surface area contributed by atoms with Gasteiger partial charge in [0.1, 0.15) is 10.8 Å². The highest BCUT2D eigenvalue weighted by atomic mass is 35.5. The summed E-state index contributed by atoms with van der Waals surface area (Å²) in [4.78, 5) is 30.8. The zero-order valence-electron chi connectivity index (χ0n) is 18.7. The van der Waals surface area contributed by atoms with Gasteiger partial charge in [-0.3, -0.25) is 4.79 Å². The van der Waals surface area contributed by atoms with Crippen molar-refractivity contribution in [2.45, 2.75) is 58.6 Å². The number of ether oxygens (including phenoxy) is 2. The lowest BCUT2D eigenvalue weighted by molar-refractivity contribution is 0.0199. The fraction of sp³-hybridized carbons (Fsp3) is 0.591. The van der Waals surface area contributed by atoms with Crippen LogP contribution < -0.4 is 5.32 Å². The molecule has 0 bridgehead atoms. The van der Waals surface area contributed by atoms with E-state index in [-0.39, 0.29) is 24.5 Å². The number of carbonyl (C=O) groups is 2. The van der Waals surface area contributed by atoms with Gasteiger partial charge in [-0.05, 0) is 52.2 Å². The molecule has 1 fully saturated rings. The van der Waals surface area contributed by atoms with Gasteiger partial charge in [-0.1, -0.05) is 11.6 Å². The number of hydrogen-bond acceptors (Lipinski definition) is 5. The van der Waals surface area contributed by atoms with Crippen LogP contribution in [0.2, 0.25) is 5.15 Å². The van der Waals surface area contributed by atoms with Crippen molar-refractivity contribution >= 4 is 23.6 Å². The third-order valence-corrected chi connectivity index (χ3v) is 4.43. The molecular formula is C22H32ClN3O4. The molecule has 2 heterocycles. The lowest BCUT2D eigenvalue weighted by atomic mass is 10.0. The summed E-state index contributed by atoms with van der Waals surface area (Å²) < 4.78 is 9.64. The van der Waals surface area contributed by atoms with Crippen LogP contribution in [0.15, 0.2) is 6.07 Å². The predicted octanol–water partition coefficient (Wildman–Crippen LogP) is 3.61. The van der Waals surface area contributed by atoms with Crippen LogP contribution in [0.3, 0.4) is 0 Å². The van der Waals surface area contributed by atoms with Gasteiger partial charge in [0, 0.05) is 33.4 Å². The van der Waals surface area contributed by atoms with E-state index in [1.54, 1.807) is 25.2 Å². The first-order chi connectivity index (χ1) is 14.0. The van der Waals surface area contributed by atoms with E-state index in [1.807, 2.05) is 27.7 Å². The van der Waals surface area contributed by atoms with E-state index in [0.717, 1.165) is 5.56 Å². The summed E-state index contributed by atoms with van der Waals surface area (Å²) in [6.45, 7) is 8.41. The highest BCUT2D eigenvalue weighted by Gasteiger charge is 2.28. The number of aromatic nitrogens is 1. The summed E-state index contributed by atoms with van der Waals surface area (Å²) in [7, 11) is 3.25. The fourth-order valence-electron chi connectivity index (χ4n) is 3.02. The van der Waals surface area contributed by atoms with Crippen molar-refractivity contribution in [1.29, 1.82) is 0 Å². The Morgan fingerprint density at radius 1 is 1.33 bits per heavy atom. The number of methoxy groups -OCH3 is 1. The van der Waals surface area contributed by atoms with Crippen molar-refractivity contribution in [3.8, 4) is 12.3 Å². The highest BCUT2D eigenvalue weighted by Crippen LogP contribution is 2.20. The minimum absolute atomic E-state index is 0.0232.